The molecule has 1 N–H and O–H groups in total. The topological polar surface area (TPSA) is 42.7 Å². The Bertz CT molecular complexity index is 408. The van der Waals surface area contributed by atoms with Crippen LogP contribution in [0, 0.1) is 0 Å². The molecule has 2 heterocycles. The summed E-state index contributed by atoms with van der Waals surface area (Å²) in [6, 6.07) is 2.11. The highest BCUT2D eigenvalue weighted by Crippen LogP contribution is 2.06. The Morgan fingerprint density at radius 1 is 1.33 bits per heavy atom. The van der Waals surface area contributed by atoms with Gasteiger partial charge in [0.05, 0.1) is 18.1 Å². The van der Waals surface area contributed by atoms with E-state index in [1.807, 2.05) is 0 Å². The van der Waals surface area contributed by atoms with Gasteiger partial charge in [-0.25, -0.2) is 9.97 Å². The third kappa shape index (κ3) is 2.56. The predicted molar refractivity (Wildman–Crippen MR) is 59.5 cm³/mol. The van der Waals surface area contributed by atoms with Crippen molar-refractivity contribution < 1.29 is 0 Å². The van der Waals surface area contributed by atoms with E-state index in [1.54, 1.807) is 12.4 Å². The van der Waals surface area contributed by atoms with Gasteiger partial charge in [-0.05, 0) is 18.6 Å². The maximum absolute atomic E-state index is 3.94. The number of hydrogen-bond acceptors (Lipinski definition) is 3. The molecular weight excluding hydrogens is 188 g/mol. The van der Waals surface area contributed by atoms with Crippen molar-refractivity contribution in [1.82, 2.24) is 14.5 Å². The normalized spacial score (nSPS) is 10.2. The average molecular weight is 202 g/mol. The molecule has 0 saturated heterocycles. The zero-order valence-electron chi connectivity index (χ0n) is 8.72. The minimum absolute atomic E-state index is 0.806. The van der Waals surface area contributed by atoms with Crippen LogP contribution in [0.1, 0.15) is 12.5 Å². The molecule has 0 bridgehead atoms. The van der Waals surface area contributed by atoms with Crippen LogP contribution >= 0.6 is 0 Å². The minimum atomic E-state index is 0.806. The molecule has 4 heteroatoms. The average Bonchev–Trinajstić information content (AvgIpc) is 2.76. The standard InChI is InChI=1S/C11H14N4/c1-2-15-4-3-10(8-15)5-14-11-6-12-9-13-7-11/h3-4,6-9,14H,2,5H2,1H3. The van der Waals surface area contributed by atoms with E-state index in [-0.39, 0.29) is 0 Å². The fourth-order valence-corrected chi connectivity index (χ4v) is 1.39. The Hall–Kier alpha value is -1.84. The lowest BCUT2D eigenvalue weighted by Gasteiger charge is -2.02. The van der Waals surface area contributed by atoms with Crippen LogP contribution in [0.25, 0.3) is 0 Å². The molecule has 0 aliphatic rings. The molecule has 78 valence electrons. The molecule has 4 nitrogen and oxygen atoms in total. The quantitative estimate of drug-likeness (QED) is 0.823. The molecule has 0 radical (unpaired) electrons. The molecule has 0 fully saturated rings. The Morgan fingerprint density at radius 3 is 2.80 bits per heavy atom. The number of nitrogens with one attached hydrogen (secondary N) is 1. The maximum atomic E-state index is 3.94. The molecular formula is C11H14N4. The van der Waals surface area contributed by atoms with E-state index in [1.165, 1.54) is 11.9 Å². The summed E-state index contributed by atoms with van der Waals surface area (Å²) in [5, 5.41) is 3.26. The van der Waals surface area contributed by atoms with E-state index < -0.39 is 0 Å². The Labute approximate surface area is 89.0 Å². The maximum Gasteiger partial charge on any atom is 0.115 e. The summed E-state index contributed by atoms with van der Waals surface area (Å²) in [5.41, 5.74) is 2.21. The zero-order valence-corrected chi connectivity index (χ0v) is 8.72. The van der Waals surface area contributed by atoms with Crippen molar-refractivity contribution in [3.8, 4) is 0 Å². The number of aromatic nitrogens is 3. The van der Waals surface area contributed by atoms with Gasteiger partial charge in [0.15, 0.2) is 0 Å². The van der Waals surface area contributed by atoms with Crippen molar-refractivity contribution >= 4 is 5.69 Å². The molecule has 0 aliphatic heterocycles. The number of rotatable bonds is 4. The van der Waals surface area contributed by atoms with Gasteiger partial charge in [-0.15, -0.1) is 0 Å². The summed E-state index contributed by atoms with van der Waals surface area (Å²) in [6.45, 7) is 3.94. The van der Waals surface area contributed by atoms with Gasteiger partial charge in [0.2, 0.25) is 0 Å². The van der Waals surface area contributed by atoms with Crippen molar-refractivity contribution in [2.45, 2.75) is 20.0 Å². The van der Waals surface area contributed by atoms with Crippen molar-refractivity contribution in [3.05, 3.63) is 42.7 Å². The molecule has 0 amide bonds. The van der Waals surface area contributed by atoms with Gasteiger partial charge in [0, 0.05) is 25.5 Å². The van der Waals surface area contributed by atoms with Gasteiger partial charge in [0.25, 0.3) is 0 Å². The van der Waals surface area contributed by atoms with Crippen molar-refractivity contribution in [3.63, 3.8) is 0 Å². The lowest BCUT2D eigenvalue weighted by molar-refractivity contribution is 0.766. The summed E-state index contributed by atoms with van der Waals surface area (Å²) in [7, 11) is 0. The first-order valence-electron chi connectivity index (χ1n) is 5.02. The van der Waals surface area contributed by atoms with E-state index >= 15 is 0 Å². The van der Waals surface area contributed by atoms with E-state index in [2.05, 4.69) is 45.2 Å². The molecule has 0 saturated carbocycles. The smallest absolute Gasteiger partial charge is 0.115 e. The molecule has 2 rings (SSSR count). The second kappa shape index (κ2) is 4.59. The number of anilines is 1. The Balaban J connectivity index is 1.93. The molecule has 0 atom stereocenters. The van der Waals surface area contributed by atoms with Crippen LogP contribution in [0.4, 0.5) is 5.69 Å². The van der Waals surface area contributed by atoms with Gasteiger partial charge >= 0.3 is 0 Å². The third-order valence-corrected chi connectivity index (χ3v) is 2.23. The molecule has 2 aromatic heterocycles. The highest BCUT2D eigenvalue weighted by Gasteiger charge is 1.96. The van der Waals surface area contributed by atoms with E-state index in [0.29, 0.717) is 0 Å². The summed E-state index contributed by atoms with van der Waals surface area (Å²) in [4.78, 5) is 7.88. The highest BCUT2D eigenvalue weighted by molar-refractivity contribution is 5.37. The van der Waals surface area contributed by atoms with Gasteiger partial charge in [-0.3, -0.25) is 0 Å². The number of aryl methyl sites for hydroxylation is 1. The summed E-state index contributed by atoms with van der Waals surface area (Å²) in [5.74, 6) is 0. The predicted octanol–water partition coefficient (Wildman–Crippen LogP) is 1.91. The van der Waals surface area contributed by atoms with Crippen molar-refractivity contribution in [1.29, 1.82) is 0 Å². The highest BCUT2D eigenvalue weighted by atomic mass is 15.0. The van der Waals surface area contributed by atoms with Crippen LogP contribution in [0.2, 0.25) is 0 Å². The van der Waals surface area contributed by atoms with Crippen LogP contribution in [0.5, 0.6) is 0 Å². The molecule has 0 unspecified atom stereocenters. The first-order chi connectivity index (χ1) is 7.38. The van der Waals surface area contributed by atoms with Gasteiger partial charge in [-0.2, -0.15) is 0 Å². The van der Waals surface area contributed by atoms with Gasteiger partial charge in [0.1, 0.15) is 6.33 Å². The molecule has 0 spiro atoms. The van der Waals surface area contributed by atoms with E-state index in [0.717, 1.165) is 18.8 Å². The SMILES string of the molecule is CCn1ccc(CNc2cncnc2)c1. The lowest BCUT2D eigenvalue weighted by Crippen LogP contribution is -1.99. The first kappa shape index (κ1) is 9.71. The number of nitrogens with zero attached hydrogens (tertiary/aromatic N) is 3. The van der Waals surface area contributed by atoms with Crippen LogP contribution < -0.4 is 5.32 Å². The van der Waals surface area contributed by atoms with Gasteiger partial charge in [-0.1, -0.05) is 0 Å². The fourth-order valence-electron chi connectivity index (χ4n) is 1.39. The van der Waals surface area contributed by atoms with Crippen LogP contribution in [0.3, 0.4) is 0 Å². The third-order valence-electron chi connectivity index (χ3n) is 2.23. The summed E-state index contributed by atoms with van der Waals surface area (Å²) in [6.07, 6.45) is 9.28. The largest absolute Gasteiger partial charge is 0.378 e. The van der Waals surface area contributed by atoms with Crippen LogP contribution in [-0.4, -0.2) is 14.5 Å². The monoisotopic (exact) mass is 202 g/mol. The first-order valence-corrected chi connectivity index (χ1v) is 5.02. The van der Waals surface area contributed by atoms with Crippen molar-refractivity contribution in [2.24, 2.45) is 0 Å². The Kier molecular flexibility index (Phi) is 2.97. The second-order valence-electron chi connectivity index (χ2n) is 3.33. The van der Waals surface area contributed by atoms with Crippen molar-refractivity contribution in [2.75, 3.05) is 5.32 Å². The van der Waals surface area contributed by atoms with Crippen LogP contribution in [-0.2, 0) is 13.1 Å². The minimum Gasteiger partial charge on any atom is -0.378 e. The molecule has 0 aromatic carbocycles. The Morgan fingerprint density at radius 2 is 2.13 bits per heavy atom. The second-order valence-corrected chi connectivity index (χ2v) is 3.33. The molecule has 2 aromatic rings. The zero-order chi connectivity index (χ0) is 10.5. The van der Waals surface area contributed by atoms with Gasteiger partial charge < -0.3 is 9.88 Å². The fraction of sp³-hybridized carbons (Fsp3) is 0.273. The lowest BCUT2D eigenvalue weighted by atomic mass is 10.3. The summed E-state index contributed by atoms with van der Waals surface area (Å²) < 4.78 is 2.15. The van der Waals surface area contributed by atoms with E-state index in [4.69, 9.17) is 0 Å². The molecule has 15 heavy (non-hydrogen) atoms. The van der Waals surface area contributed by atoms with Crippen LogP contribution in [0.15, 0.2) is 37.2 Å². The summed E-state index contributed by atoms with van der Waals surface area (Å²) >= 11 is 0. The van der Waals surface area contributed by atoms with E-state index in [9.17, 15) is 0 Å². The number of hydrogen-bond donors (Lipinski definition) is 1. The molecule has 0 aliphatic carbocycles.